The number of nitrogens with zero attached hydrogens (tertiary/aromatic N) is 2. The fourth-order valence-electron chi connectivity index (χ4n) is 3.61. The van der Waals surface area contributed by atoms with Crippen LogP contribution in [0, 0.1) is 0 Å². The number of imidazole rings is 1. The molecule has 2 aromatic carbocycles. The first-order valence-corrected chi connectivity index (χ1v) is 10.6. The van der Waals surface area contributed by atoms with Gasteiger partial charge in [0.1, 0.15) is 12.4 Å². The molecule has 164 valence electrons. The lowest BCUT2D eigenvalue weighted by atomic mass is 10.0. The normalized spacial score (nSPS) is 11.1. The van der Waals surface area contributed by atoms with E-state index in [9.17, 15) is 9.59 Å². The third-order valence-corrected chi connectivity index (χ3v) is 5.40. The van der Waals surface area contributed by atoms with Crippen LogP contribution in [0.4, 0.5) is 0 Å². The van der Waals surface area contributed by atoms with Gasteiger partial charge in [-0.05, 0) is 41.3 Å². The Kier molecular flexibility index (Phi) is 6.07. The van der Waals surface area contributed by atoms with Crippen LogP contribution in [0.5, 0.6) is 5.75 Å². The van der Waals surface area contributed by atoms with Crippen molar-refractivity contribution in [2.75, 3.05) is 13.2 Å². The number of ether oxygens (including phenoxy) is 1. The summed E-state index contributed by atoms with van der Waals surface area (Å²) in [4.78, 5) is 31.5. The lowest BCUT2D eigenvalue weighted by Crippen LogP contribution is -2.28. The maximum absolute atomic E-state index is 12.7. The molecule has 7 nitrogen and oxygen atoms in total. The molecule has 2 heterocycles. The molecule has 0 radical (unpaired) electrons. The van der Waals surface area contributed by atoms with Crippen molar-refractivity contribution in [1.29, 1.82) is 0 Å². The Balaban J connectivity index is 1.42. The summed E-state index contributed by atoms with van der Waals surface area (Å²) in [6.07, 6.45) is 1.69. The van der Waals surface area contributed by atoms with Crippen LogP contribution in [0.15, 0.2) is 65.6 Å². The van der Waals surface area contributed by atoms with Gasteiger partial charge in [-0.25, -0.2) is 9.78 Å². The highest BCUT2D eigenvalue weighted by Crippen LogP contribution is 2.26. The fraction of sp³-hybridized carbons (Fsp3) is 0.240. The van der Waals surface area contributed by atoms with E-state index in [2.05, 4.69) is 35.2 Å². The first-order valence-electron chi connectivity index (χ1n) is 10.6. The molecule has 0 fully saturated rings. The molecule has 0 aliphatic rings. The first-order chi connectivity index (χ1) is 15.4. The molecule has 0 atom stereocenters. The Morgan fingerprint density at radius 1 is 1.12 bits per heavy atom. The molecule has 0 aliphatic heterocycles. The largest absolute Gasteiger partial charge is 0.491 e. The quantitative estimate of drug-likeness (QED) is 0.436. The molecule has 4 rings (SSSR count). The summed E-state index contributed by atoms with van der Waals surface area (Å²) in [6.45, 7) is 5.03. The summed E-state index contributed by atoms with van der Waals surface area (Å²) < 4.78 is 7.39. The highest BCUT2D eigenvalue weighted by molar-refractivity contribution is 5.95. The van der Waals surface area contributed by atoms with E-state index in [4.69, 9.17) is 4.74 Å². The van der Waals surface area contributed by atoms with Crippen molar-refractivity contribution in [3.05, 3.63) is 82.4 Å². The van der Waals surface area contributed by atoms with E-state index in [-0.39, 0.29) is 11.6 Å². The first kappa shape index (κ1) is 21.4. The molecule has 0 aliphatic carbocycles. The van der Waals surface area contributed by atoms with E-state index in [1.165, 1.54) is 4.57 Å². The fourth-order valence-corrected chi connectivity index (χ4v) is 3.61. The highest BCUT2D eigenvalue weighted by atomic mass is 16.5. The summed E-state index contributed by atoms with van der Waals surface area (Å²) in [6, 6.07) is 17.2. The lowest BCUT2D eigenvalue weighted by molar-refractivity contribution is 0.0947. The van der Waals surface area contributed by atoms with Crippen molar-refractivity contribution in [1.82, 2.24) is 19.9 Å². The van der Waals surface area contributed by atoms with Crippen LogP contribution in [-0.4, -0.2) is 33.6 Å². The zero-order chi connectivity index (χ0) is 22.7. The lowest BCUT2D eigenvalue weighted by Gasteiger charge is -2.14. The molecule has 7 heteroatoms. The predicted octanol–water partition coefficient (Wildman–Crippen LogP) is 3.86. The topological polar surface area (TPSA) is 89.0 Å². The second kappa shape index (κ2) is 9.09. The van der Waals surface area contributed by atoms with Gasteiger partial charge in [-0.3, -0.25) is 14.3 Å². The number of benzene rings is 2. The summed E-state index contributed by atoms with van der Waals surface area (Å²) in [5, 5.41) is 2.91. The maximum atomic E-state index is 12.7. The van der Waals surface area contributed by atoms with Crippen LogP contribution in [-0.2, 0) is 7.05 Å². The van der Waals surface area contributed by atoms with Crippen molar-refractivity contribution in [2.45, 2.75) is 19.8 Å². The number of fused-ring (bicyclic) bond motifs is 1. The summed E-state index contributed by atoms with van der Waals surface area (Å²) >= 11 is 0. The average molecular weight is 431 g/mol. The molecule has 4 aromatic rings. The number of nitrogens with one attached hydrogen (secondary N) is 2. The van der Waals surface area contributed by atoms with E-state index >= 15 is 0 Å². The van der Waals surface area contributed by atoms with Gasteiger partial charge in [0, 0.05) is 24.4 Å². The van der Waals surface area contributed by atoms with Crippen LogP contribution >= 0.6 is 0 Å². The number of aryl methyl sites for hydroxylation is 1. The van der Waals surface area contributed by atoms with E-state index in [1.54, 1.807) is 19.3 Å². The van der Waals surface area contributed by atoms with E-state index < -0.39 is 0 Å². The number of aromatic amines is 1. The Morgan fingerprint density at radius 3 is 2.75 bits per heavy atom. The zero-order valence-corrected chi connectivity index (χ0v) is 18.4. The number of carbonyl (C=O) groups excluding carboxylic acids is 1. The van der Waals surface area contributed by atoms with E-state index in [0.717, 1.165) is 22.4 Å². The molecule has 0 spiro atoms. The monoisotopic (exact) mass is 430 g/mol. The van der Waals surface area contributed by atoms with Crippen LogP contribution in [0.3, 0.4) is 0 Å². The van der Waals surface area contributed by atoms with E-state index in [1.807, 2.05) is 42.5 Å². The third kappa shape index (κ3) is 4.42. The number of hydrogen-bond acceptors (Lipinski definition) is 4. The molecule has 32 heavy (non-hydrogen) atoms. The number of pyridine rings is 1. The van der Waals surface area contributed by atoms with Gasteiger partial charge < -0.3 is 10.1 Å². The Hall–Kier alpha value is -3.87. The van der Waals surface area contributed by atoms with Gasteiger partial charge in [0.05, 0.1) is 12.1 Å². The van der Waals surface area contributed by atoms with Gasteiger partial charge in [-0.1, -0.05) is 44.2 Å². The molecule has 2 aromatic heterocycles. The van der Waals surface area contributed by atoms with Crippen molar-refractivity contribution in [2.24, 2.45) is 7.05 Å². The molecular formula is C25H26N4O3. The zero-order valence-electron chi connectivity index (χ0n) is 18.4. The van der Waals surface area contributed by atoms with Crippen LogP contribution in [0.2, 0.25) is 0 Å². The Bertz CT molecular complexity index is 1320. The number of rotatable bonds is 7. The SMILES string of the molecule is CC(C)c1ccccc1OCCNC(=O)c1cccc(-c2cnc3[nH]c(=O)n(C)c3c2)c1. The van der Waals surface area contributed by atoms with Crippen LogP contribution in [0.1, 0.15) is 35.7 Å². The Morgan fingerprint density at radius 2 is 1.94 bits per heavy atom. The molecule has 0 unspecified atom stereocenters. The molecule has 0 bridgehead atoms. The molecule has 0 saturated heterocycles. The number of amides is 1. The van der Waals surface area contributed by atoms with Crippen molar-refractivity contribution in [3.8, 4) is 16.9 Å². The maximum Gasteiger partial charge on any atom is 0.327 e. The smallest absolute Gasteiger partial charge is 0.327 e. The molecular weight excluding hydrogens is 404 g/mol. The minimum atomic E-state index is -0.212. The van der Waals surface area contributed by atoms with Gasteiger partial charge in [-0.15, -0.1) is 0 Å². The minimum absolute atomic E-state index is 0.171. The van der Waals surface area contributed by atoms with Crippen molar-refractivity contribution < 1.29 is 9.53 Å². The summed E-state index contributed by atoms with van der Waals surface area (Å²) in [5.74, 6) is 1.04. The van der Waals surface area contributed by atoms with Crippen LogP contribution < -0.4 is 15.7 Å². The summed E-state index contributed by atoms with van der Waals surface area (Å²) in [7, 11) is 1.69. The number of hydrogen-bond donors (Lipinski definition) is 2. The Labute approximate surface area is 186 Å². The van der Waals surface area contributed by atoms with Gasteiger partial charge in [0.2, 0.25) is 0 Å². The standard InChI is InChI=1S/C25H26N4O3/c1-16(2)20-9-4-5-10-22(20)32-12-11-26-24(30)18-8-6-7-17(13-18)19-14-21-23(27-15-19)28-25(31)29(21)3/h4-10,13-16H,11-12H2,1-3H3,(H,26,30)(H,27,28,31). The number of H-pyrrole nitrogens is 1. The van der Waals surface area contributed by atoms with Gasteiger partial charge in [-0.2, -0.15) is 0 Å². The van der Waals surface area contributed by atoms with Crippen molar-refractivity contribution >= 4 is 17.1 Å². The molecule has 2 N–H and O–H groups in total. The minimum Gasteiger partial charge on any atom is -0.491 e. The average Bonchev–Trinajstić information content (AvgIpc) is 3.09. The van der Waals surface area contributed by atoms with Gasteiger partial charge >= 0.3 is 5.69 Å². The number of para-hydroxylation sites is 1. The van der Waals surface area contributed by atoms with Crippen molar-refractivity contribution in [3.63, 3.8) is 0 Å². The number of carbonyl (C=O) groups is 1. The second-order valence-corrected chi connectivity index (χ2v) is 7.96. The summed E-state index contributed by atoms with van der Waals surface area (Å²) in [5.41, 5.74) is 4.41. The predicted molar refractivity (Wildman–Crippen MR) is 125 cm³/mol. The van der Waals surface area contributed by atoms with Crippen LogP contribution in [0.25, 0.3) is 22.3 Å². The third-order valence-electron chi connectivity index (χ3n) is 5.40. The molecule has 0 saturated carbocycles. The van der Waals surface area contributed by atoms with Gasteiger partial charge in [0.15, 0.2) is 5.65 Å². The van der Waals surface area contributed by atoms with Gasteiger partial charge in [0.25, 0.3) is 5.91 Å². The number of aromatic nitrogens is 3. The molecule has 1 amide bonds. The second-order valence-electron chi connectivity index (χ2n) is 7.96. The van der Waals surface area contributed by atoms with E-state index in [0.29, 0.717) is 35.8 Å². The highest BCUT2D eigenvalue weighted by Gasteiger charge is 2.11.